The molecule has 0 unspecified atom stereocenters. The fraction of sp³-hybridized carbons (Fsp3) is 0. The zero-order valence-electron chi connectivity index (χ0n) is 30.2. The summed E-state index contributed by atoms with van der Waals surface area (Å²) < 4.78 is 0. The van der Waals surface area contributed by atoms with Crippen molar-refractivity contribution < 1.29 is 0 Å². The normalized spacial score (nSPS) is 12.9. The Balaban J connectivity index is 1.21. The van der Waals surface area contributed by atoms with Crippen LogP contribution in [0.2, 0.25) is 0 Å². The predicted octanol–water partition coefficient (Wildman–Crippen LogP) is 12.8. The Labute approximate surface area is 322 Å². The van der Waals surface area contributed by atoms with Gasteiger partial charge in [0, 0.05) is 33.5 Å². The molecule has 1 aliphatic rings. The van der Waals surface area contributed by atoms with E-state index in [1.165, 1.54) is 0 Å². The molecular formula is C52H37N3. The van der Waals surface area contributed by atoms with Crippen LogP contribution in [0.15, 0.2) is 206 Å². The lowest BCUT2D eigenvalue weighted by Gasteiger charge is -2.28. The second-order valence-electron chi connectivity index (χ2n) is 13.6. The summed E-state index contributed by atoms with van der Waals surface area (Å²) >= 11 is 0. The summed E-state index contributed by atoms with van der Waals surface area (Å²) in [5.41, 5.74) is 16.7. The van der Waals surface area contributed by atoms with E-state index in [4.69, 9.17) is 4.98 Å². The van der Waals surface area contributed by atoms with Gasteiger partial charge in [-0.25, -0.2) is 4.98 Å². The summed E-state index contributed by atoms with van der Waals surface area (Å²) in [6, 6.07) is 71.2. The van der Waals surface area contributed by atoms with Gasteiger partial charge in [-0.05, 0) is 57.2 Å². The topological polar surface area (TPSA) is 48.8 Å². The number of hydrogen-bond acceptors (Lipinski definition) is 3. The molecule has 8 aromatic rings. The molecule has 0 amide bonds. The maximum Gasteiger partial charge on any atom is 0.0715 e. The summed E-state index contributed by atoms with van der Waals surface area (Å²) in [6.45, 7) is 0. The fourth-order valence-corrected chi connectivity index (χ4v) is 7.38. The number of pyridine rings is 1. The molecule has 0 fully saturated rings. The third kappa shape index (κ3) is 6.83. The molecule has 9 rings (SSSR count). The zero-order valence-corrected chi connectivity index (χ0v) is 30.2. The predicted molar refractivity (Wildman–Crippen MR) is 230 cm³/mol. The van der Waals surface area contributed by atoms with Crippen molar-refractivity contribution in [3.8, 4) is 44.8 Å². The number of rotatable bonds is 8. The van der Waals surface area contributed by atoms with Crippen molar-refractivity contribution in [1.82, 2.24) is 10.3 Å². The number of hydrogen-bond donors (Lipinski definition) is 2. The van der Waals surface area contributed by atoms with Crippen molar-refractivity contribution in [2.45, 2.75) is 0 Å². The third-order valence-electron chi connectivity index (χ3n) is 10.1. The monoisotopic (exact) mass is 703 g/mol. The van der Waals surface area contributed by atoms with Crippen molar-refractivity contribution in [2.24, 2.45) is 0 Å². The lowest BCUT2D eigenvalue weighted by molar-refractivity contribution is 1.22. The van der Waals surface area contributed by atoms with E-state index in [1.54, 1.807) is 0 Å². The number of aromatic nitrogens is 1. The first-order valence-corrected chi connectivity index (χ1v) is 18.5. The molecule has 0 atom stereocenters. The van der Waals surface area contributed by atoms with E-state index >= 15 is 0 Å². The van der Waals surface area contributed by atoms with Crippen molar-refractivity contribution in [3.05, 3.63) is 234 Å². The highest BCUT2D eigenvalue weighted by molar-refractivity contribution is 6.36. The van der Waals surface area contributed by atoms with Crippen LogP contribution < -0.4 is 5.32 Å². The zero-order chi connectivity index (χ0) is 37.0. The van der Waals surface area contributed by atoms with Gasteiger partial charge in [0.25, 0.3) is 0 Å². The van der Waals surface area contributed by atoms with Crippen LogP contribution in [0.1, 0.15) is 27.8 Å². The highest BCUT2D eigenvalue weighted by Gasteiger charge is 2.26. The fourth-order valence-electron chi connectivity index (χ4n) is 7.38. The SMILES string of the molecule is N=C(/C(=C1\NC(c2ccccc2)=Cc2cccc(-c3ccc(-c4cc(-c5ccccc5)nc(-c5ccccc5)c4)cc3)c21)c1ccccc1)c1ccccc1. The Morgan fingerprint density at radius 2 is 0.909 bits per heavy atom. The van der Waals surface area contributed by atoms with Crippen molar-refractivity contribution in [3.63, 3.8) is 0 Å². The molecule has 3 nitrogen and oxygen atoms in total. The van der Waals surface area contributed by atoms with E-state index in [1.807, 2.05) is 66.7 Å². The number of nitrogens with one attached hydrogen (secondary N) is 2. The second-order valence-corrected chi connectivity index (χ2v) is 13.6. The molecule has 0 saturated carbocycles. The summed E-state index contributed by atoms with van der Waals surface area (Å²) in [4.78, 5) is 5.09. The smallest absolute Gasteiger partial charge is 0.0715 e. The Bertz CT molecular complexity index is 2620. The van der Waals surface area contributed by atoms with Gasteiger partial charge in [0.05, 0.1) is 22.8 Å². The number of fused-ring (bicyclic) bond motifs is 1. The van der Waals surface area contributed by atoms with Gasteiger partial charge >= 0.3 is 0 Å². The number of nitrogens with zero attached hydrogens (tertiary/aromatic N) is 1. The minimum atomic E-state index is 0.459. The van der Waals surface area contributed by atoms with Gasteiger partial charge in [0.2, 0.25) is 0 Å². The largest absolute Gasteiger partial charge is 0.354 e. The average molecular weight is 704 g/mol. The molecule has 0 aliphatic carbocycles. The first-order valence-electron chi connectivity index (χ1n) is 18.5. The molecule has 1 aromatic heterocycles. The first kappa shape index (κ1) is 33.5. The van der Waals surface area contributed by atoms with Gasteiger partial charge in [0.1, 0.15) is 0 Å². The molecule has 7 aromatic carbocycles. The molecule has 0 radical (unpaired) electrons. The Kier molecular flexibility index (Phi) is 9.09. The van der Waals surface area contributed by atoms with Gasteiger partial charge in [-0.2, -0.15) is 0 Å². The molecule has 2 N–H and O–H groups in total. The minimum absolute atomic E-state index is 0.459. The van der Waals surface area contributed by atoms with E-state index in [-0.39, 0.29) is 0 Å². The molecule has 0 spiro atoms. The minimum Gasteiger partial charge on any atom is -0.354 e. The lowest BCUT2D eigenvalue weighted by atomic mass is 9.84. The van der Waals surface area contributed by atoms with Crippen molar-refractivity contribution in [1.29, 1.82) is 5.41 Å². The van der Waals surface area contributed by atoms with Gasteiger partial charge < -0.3 is 5.32 Å². The Morgan fingerprint density at radius 1 is 0.418 bits per heavy atom. The van der Waals surface area contributed by atoms with Gasteiger partial charge in [0.15, 0.2) is 0 Å². The maximum absolute atomic E-state index is 9.71. The van der Waals surface area contributed by atoms with Crippen molar-refractivity contribution in [2.75, 3.05) is 0 Å². The highest BCUT2D eigenvalue weighted by Crippen LogP contribution is 2.42. The van der Waals surface area contributed by atoms with E-state index in [9.17, 15) is 5.41 Å². The third-order valence-corrected chi connectivity index (χ3v) is 10.1. The van der Waals surface area contributed by atoms with E-state index in [2.05, 4.69) is 151 Å². The standard InChI is InChI=1S/C52H37N3/c53-51(42-25-14-5-15-26-42)50(41-23-12-4-13-24-41)52-49-43(33-48(55-52)40-21-10-3-11-22-40)27-16-28-45(49)37-31-29-36(30-32-37)44-34-46(38-17-6-1-7-18-38)54-47(35-44)39-19-8-2-9-20-39/h1-35,53,55H/b52-50-,53-51?. The molecular weight excluding hydrogens is 667 g/mol. The Hall–Kier alpha value is -7.36. The number of benzene rings is 7. The van der Waals surface area contributed by atoms with Crippen LogP contribution >= 0.6 is 0 Å². The molecule has 2 heterocycles. The quantitative estimate of drug-likeness (QED) is 0.155. The van der Waals surface area contributed by atoms with Crippen LogP contribution in [0.5, 0.6) is 0 Å². The van der Waals surface area contributed by atoms with Gasteiger partial charge in [-0.3, -0.25) is 5.41 Å². The van der Waals surface area contributed by atoms with Gasteiger partial charge in [-0.15, -0.1) is 0 Å². The van der Waals surface area contributed by atoms with Crippen LogP contribution in [0.4, 0.5) is 0 Å². The first-order chi connectivity index (χ1) is 27.2. The summed E-state index contributed by atoms with van der Waals surface area (Å²) in [6.07, 6.45) is 2.23. The summed E-state index contributed by atoms with van der Waals surface area (Å²) in [7, 11) is 0. The van der Waals surface area contributed by atoms with Crippen LogP contribution in [0.25, 0.3) is 67.8 Å². The maximum atomic E-state index is 9.71. The Morgan fingerprint density at radius 3 is 1.47 bits per heavy atom. The molecule has 1 aliphatic heterocycles. The van der Waals surface area contributed by atoms with E-state index < -0.39 is 0 Å². The summed E-state index contributed by atoms with van der Waals surface area (Å²) in [5, 5.41) is 13.6. The second kappa shape index (κ2) is 14.9. The van der Waals surface area contributed by atoms with Crippen LogP contribution in [-0.4, -0.2) is 10.7 Å². The van der Waals surface area contributed by atoms with Crippen LogP contribution in [-0.2, 0) is 0 Å². The molecule has 260 valence electrons. The summed E-state index contributed by atoms with van der Waals surface area (Å²) in [5.74, 6) is 0. The lowest BCUT2D eigenvalue weighted by Crippen LogP contribution is -2.21. The molecule has 3 heteroatoms. The van der Waals surface area contributed by atoms with E-state index in [0.717, 1.165) is 89.6 Å². The average Bonchev–Trinajstić information content (AvgIpc) is 3.27. The van der Waals surface area contributed by atoms with Crippen molar-refractivity contribution >= 4 is 28.8 Å². The number of allylic oxidation sites excluding steroid dienone is 1. The molecule has 0 saturated heterocycles. The van der Waals surface area contributed by atoms with Crippen LogP contribution in [0.3, 0.4) is 0 Å². The van der Waals surface area contributed by atoms with Crippen LogP contribution in [0, 0.1) is 5.41 Å². The molecule has 0 bridgehead atoms. The highest BCUT2D eigenvalue weighted by atomic mass is 14.9. The van der Waals surface area contributed by atoms with Gasteiger partial charge in [-0.1, -0.05) is 194 Å². The molecule has 55 heavy (non-hydrogen) atoms. The van der Waals surface area contributed by atoms with E-state index in [0.29, 0.717) is 5.71 Å².